The lowest BCUT2D eigenvalue weighted by atomic mass is 9.78. The maximum absolute atomic E-state index is 13.3. The smallest absolute Gasteiger partial charge is 0.335 e. The molecular weight excluding hydrogens is 450 g/mol. The summed E-state index contributed by atoms with van der Waals surface area (Å²) in [5.41, 5.74) is 4.41. The van der Waals surface area contributed by atoms with Gasteiger partial charge in [-0.05, 0) is 106 Å². The quantitative estimate of drug-likeness (QED) is 0.445. The molecule has 0 aliphatic carbocycles. The lowest BCUT2D eigenvalue weighted by molar-refractivity contribution is -0.122. The average molecular weight is 480 g/mol. The maximum atomic E-state index is 13.3. The first-order chi connectivity index (χ1) is 15.9. The van der Waals surface area contributed by atoms with Crippen LogP contribution in [-0.2, 0) is 9.59 Å². The average Bonchev–Trinajstić information content (AvgIpc) is 2.72. The monoisotopic (exact) mass is 479 g/mol. The van der Waals surface area contributed by atoms with Crippen LogP contribution in [0.3, 0.4) is 0 Å². The lowest BCUT2D eigenvalue weighted by Gasteiger charge is -2.50. The Kier molecular flexibility index (Phi) is 6.06. The van der Waals surface area contributed by atoms with Crippen LogP contribution in [0, 0.1) is 6.92 Å². The van der Waals surface area contributed by atoms with Crippen molar-refractivity contribution in [1.29, 1.82) is 0 Å². The number of hydrogen-bond acceptors (Lipinski definition) is 4. The normalized spacial score (nSPS) is 21.2. The Balaban J connectivity index is 1.78. The summed E-state index contributed by atoms with van der Waals surface area (Å²) in [7, 11) is 0. The van der Waals surface area contributed by atoms with Gasteiger partial charge in [-0.1, -0.05) is 18.5 Å². The Labute approximate surface area is 205 Å². The first-order valence-corrected chi connectivity index (χ1v) is 11.9. The maximum Gasteiger partial charge on any atom is 0.335 e. The van der Waals surface area contributed by atoms with Crippen molar-refractivity contribution in [3.63, 3.8) is 0 Å². The number of imide groups is 2. The summed E-state index contributed by atoms with van der Waals surface area (Å²) in [5, 5.41) is 2.77. The molecule has 0 unspecified atom stereocenters. The van der Waals surface area contributed by atoms with Crippen molar-refractivity contribution in [2.24, 2.45) is 0 Å². The summed E-state index contributed by atoms with van der Waals surface area (Å²) in [6.45, 7) is 13.1. The van der Waals surface area contributed by atoms with Crippen LogP contribution < -0.4 is 15.1 Å². The van der Waals surface area contributed by atoms with Crippen molar-refractivity contribution in [2.75, 3.05) is 9.80 Å². The highest BCUT2D eigenvalue weighted by atomic mass is 35.5. The third kappa shape index (κ3) is 4.11. The van der Waals surface area contributed by atoms with E-state index < -0.39 is 17.8 Å². The highest BCUT2D eigenvalue weighted by molar-refractivity contribution is 6.39. The molecule has 1 atom stereocenters. The summed E-state index contributed by atoms with van der Waals surface area (Å²) in [4.78, 5) is 41.8. The molecule has 1 fully saturated rings. The van der Waals surface area contributed by atoms with Gasteiger partial charge in [0.05, 0.1) is 5.69 Å². The zero-order chi connectivity index (χ0) is 24.9. The first kappa shape index (κ1) is 24.0. The first-order valence-electron chi connectivity index (χ1n) is 11.5. The van der Waals surface area contributed by atoms with Crippen LogP contribution in [0.15, 0.2) is 42.0 Å². The number of halogens is 1. The second kappa shape index (κ2) is 8.58. The van der Waals surface area contributed by atoms with Crippen LogP contribution in [0.5, 0.6) is 0 Å². The molecule has 4 rings (SSSR count). The van der Waals surface area contributed by atoms with Gasteiger partial charge in [-0.25, -0.2) is 9.69 Å². The van der Waals surface area contributed by atoms with E-state index in [0.717, 1.165) is 22.4 Å². The Bertz CT molecular complexity index is 1210. The van der Waals surface area contributed by atoms with Crippen LogP contribution in [-0.4, -0.2) is 29.4 Å². The number of nitrogens with one attached hydrogen (secondary N) is 1. The molecule has 2 heterocycles. The number of hydrogen-bond donors (Lipinski definition) is 1. The second-order valence-electron chi connectivity index (χ2n) is 10.1. The fourth-order valence-corrected chi connectivity index (χ4v) is 5.51. The minimum absolute atomic E-state index is 0.0195. The Morgan fingerprint density at radius 2 is 1.76 bits per heavy atom. The molecule has 7 heteroatoms. The van der Waals surface area contributed by atoms with Gasteiger partial charge in [-0.2, -0.15) is 0 Å². The number of aryl methyl sites for hydroxylation is 1. The van der Waals surface area contributed by atoms with Gasteiger partial charge in [0.1, 0.15) is 5.57 Å². The summed E-state index contributed by atoms with van der Waals surface area (Å²) in [6.07, 6.45) is 2.59. The van der Waals surface area contributed by atoms with E-state index >= 15 is 0 Å². The zero-order valence-corrected chi connectivity index (χ0v) is 21.2. The van der Waals surface area contributed by atoms with Crippen molar-refractivity contribution in [2.45, 2.75) is 65.5 Å². The van der Waals surface area contributed by atoms with Gasteiger partial charge in [0.25, 0.3) is 11.8 Å². The molecule has 1 N–H and O–H groups in total. The number of nitrogens with zero attached hydrogens (tertiary/aromatic N) is 2. The molecule has 2 aliphatic heterocycles. The summed E-state index contributed by atoms with van der Waals surface area (Å²) in [6, 6.07) is 10.1. The molecule has 1 saturated heterocycles. The Morgan fingerprint density at radius 3 is 2.38 bits per heavy atom. The van der Waals surface area contributed by atoms with Crippen LogP contribution in [0.4, 0.5) is 16.2 Å². The number of barbiturate groups is 1. The topological polar surface area (TPSA) is 69.7 Å². The Hall–Kier alpha value is -3.12. The van der Waals surface area contributed by atoms with Crippen LogP contribution in [0.25, 0.3) is 6.08 Å². The van der Waals surface area contributed by atoms with E-state index in [1.165, 1.54) is 11.3 Å². The fourth-order valence-electron chi connectivity index (χ4n) is 5.38. The largest absolute Gasteiger partial charge is 0.364 e. The molecule has 34 heavy (non-hydrogen) atoms. The standard InChI is InChI=1S/C27H30ClN3O3/c1-15(2)31-23-11-16(3)18(12-21(23)17(4)14-27(31,5)6)13-22-24(32)29-26(34)30(25(22)33)20-9-7-19(28)8-10-20/h7-13,15,17H,14H2,1-6H3,(H,29,32,34)/b22-13+/t17-/m0/s1. The minimum Gasteiger partial charge on any atom is -0.364 e. The molecule has 178 valence electrons. The number of amides is 4. The van der Waals surface area contributed by atoms with E-state index in [2.05, 4.69) is 57.0 Å². The second-order valence-corrected chi connectivity index (χ2v) is 10.5. The predicted octanol–water partition coefficient (Wildman–Crippen LogP) is 5.82. The van der Waals surface area contributed by atoms with Crippen molar-refractivity contribution >= 4 is 46.9 Å². The molecule has 4 amide bonds. The van der Waals surface area contributed by atoms with Gasteiger partial charge in [0, 0.05) is 22.3 Å². The van der Waals surface area contributed by atoms with Crippen LogP contribution in [0.1, 0.15) is 63.6 Å². The summed E-state index contributed by atoms with van der Waals surface area (Å²) >= 11 is 5.94. The SMILES string of the molecule is Cc1cc2c(cc1/C=C1\C(=O)NC(=O)N(c3ccc(Cl)cc3)C1=O)[C@@H](C)CC(C)(C)N2C(C)C. The van der Waals surface area contributed by atoms with Crippen LogP contribution >= 0.6 is 11.6 Å². The highest BCUT2D eigenvalue weighted by Gasteiger charge is 2.39. The molecule has 0 saturated carbocycles. The van der Waals surface area contributed by atoms with E-state index in [4.69, 9.17) is 11.6 Å². The van der Waals surface area contributed by atoms with Crippen molar-refractivity contribution < 1.29 is 14.4 Å². The Morgan fingerprint density at radius 1 is 1.12 bits per heavy atom. The fraction of sp³-hybridized carbons (Fsp3) is 0.370. The highest BCUT2D eigenvalue weighted by Crippen LogP contribution is 2.45. The van der Waals surface area contributed by atoms with E-state index in [1.54, 1.807) is 30.3 Å². The number of urea groups is 1. The van der Waals surface area contributed by atoms with Crippen LogP contribution in [0.2, 0.25) is 5.02 Å². The summed E-state index contributed by atoms with van der Waals surface area (Å²) in [5.74, 6) is -1.04. The van der Waals surface area contributed by atoms with E-state index in [-0.39, 0.29) is 11.1 Å². The van der Waals surface area contributed by atoms with Crippen molar-refractivity contribution in [1.82, 2.24) is 5.32 Å². The number of rotatable bonds is 3. The van der Waals surface area contributed by atoms with Crippen molar-refractivity contribution in [3.8, 4) is 0 Å². The molecule has 0 bridgehead atoms. The number of carbonyl (C=O) groups excluding carboxylic acids is 3. The van der Waals surface area contributed by atoms with Gasteiger partial charge in [0.2, 0.25) is 0 Å². The number of fused-ring (bicyclic) bond motifs is 1. The van der Waals surface area contributed by atoms with Gasteiger partial charge < -0.3 is 4.90 Å². The zero-order valence-electron chi connectivity index (χ0n) is 20.4. The molecular formula is C27H30ClN3O3. The minimum atomic E-state index is -0.778. The molecule has 6 nitrogen and oxygen atoms in total. The molecule has 0 aromatic heterocycles. The summed E-state index contributed by atoms with van der Waals surface area (Å²) < 4.78 is 0. The lowest BCUT2D eigenvalue weighted by Crippen LogP contribution is -2.54. The van der Waals surface area contributed by atoms with E-state index in [0.29, 0.717) is 22.7 Å². The van der Waals surface area contributed by atoms with E-state index in [9.17, 15) is 14.4 Å². The molecule has 0 spiro atoms. The third-order valence-corrected chi connectivity index (χ3v) is 6.92. The van der Waals surface area contributed by atoms with Crippen molar-refractivity contribution in [3.05, 3.63) is 63.7 Å². The molecule has 2 aromatic rings. The molecule has 2 aliphatic rings. The van der Waals surface area contributed by atoms with Gasteiger partial charge >= 0.3 is 6.03 Å². The van der Waals surface area contributed by atoms with Gasteiger partial charge in [-0.15, -0.1) is 0 Å². The number of carbonyl (C=O) groups is 3. The van der Waals surface area contributed by atoms with Gasteiger partial charge in [0.15, 0.2) is 0 Å². The van der Waals surface area contributed by atoms with E-state index in [1.807, 2.05) is 6.92 Å². The molecule has 2 aromatic carbocycles. The number of anilines is 2. The third-order valence-electron chi connectivity index (χ3n) is 6.67. The number of benzene rings is 2. The van der Waals surface area contributed by atoms with Gasteiger partial charge in [-0.3, -0.25) is 14.9 Å². The molecule has 0 radical (unpaired) electrons. The predicted molar refractivity (Wildman–Crippen MR) is 136 cm³/mol.